The highest BCUT2D eigenvalue weighted by atomic mass is 16.5. The number of primary amides is 1. The Morgan fingerprint density at radius 3 is 2.65 bits per heavy atom. The lowest BCUT2D eigenvalue weighted by atomic mass is 10.0. The maximum atomic E-state index is 11.0. The summed E-state index contributed by atoms with van der Waals surface area (Å²) in [5.41, 5.74) is 6.61. The van der Waals surface area contributed by atoms with E-state index in [0.29, 0.717) is 11.4 Å². The molecule has 0 radical (unpaired) electrons. The fourth-order valence-corrected chi connectivity index (χ4v) is 1.64. The van der Waals surface area contributed by atoms with Crippen LogP contribution in [0.4, 0.5) is 0 Å². The molecule has 2 N–H and O–H groups in total. The third-order valence-corrected chi connectivity index (χ3v) is 2.75. The summed E-state index contributed by atoms with van der Waals surface area (Å²) < 4.78 is 13.5. The lowest BCUT2D eigenvalue weighted by molar-refractivity contribution is 0.0990. The molecule has 0 saturated carbocycles. The second-order valence-electron chi connectivity index (χ2n) is 4.55. The zero-order valence-corrected chi connectivity index (χ0v) is 11.5. The molecule has 0 saturated heterocycles. The summed E-state index contributed by atoms with van der Waals surface area (Å²) in [7, 11) is 0. The first-order valence-corrected chi connectivity index (χ1v) is 6.21. The molecule has 0 spiro atoms. The molecular formula is C15H17N3O2. The molecule has 0 bridgehead atoms. The van der Waals surface area contributed by atoms with E-state index in [1.165, 1.54) is 6.20 Å². The molecule has 20 heavy (non-hydrogen) atoms. The Hall–Kier alpha value is -2.43. The van der Waals surface area contributed by atoms with Crippen molar-refractivity contribution in [3.63, 3.8) is 0 Å². The van der Waals surface area contributed by atoms with E-state index in [0.717, 1.165) is 5.56 Å². The zero-order chi connectivity index (χ0) is 15.5. The van der Waals surface area contributed by atoms with Crippen LogP contribution in [0.3, 0.4) is 0 Å². The number of amides is 1. The van der Waals surface area contributed by atoms with Crippen LogP contribution in [-0.2, 0) is 6.61 Å². The molecule has 2 rings (SSSR count). The van der Waals surface area contributed by atoms with Gasteiger partial charge in [0, 0.05) is 7.57 Å². The van der Waals surface area contributed by atoms with E-state index >= 15 is 0 Å². The van der Waals surface area contributed by atoms with E-state index in [1.807, 2.05) is 38.1 Å². The maximum Gasteiger partial charge on any atom is 0.286 e. The van der Waals surface area contributed by atoms with Gasteiger partial charge in [0.05, 0.1) is 5.69 Å². The second kappa shape index (κ2) is 6.14. The summed E-state index contributed by atoms with van der Waals surface area (Å²) in [4.78, 5) is 18.8. The van der Waals surface area contributed by atoms with Crippen molar-refractivity contribution in [2.75, 3.05) is 0 Å². The summed E-state index contributed by atoms with van der Waals surface area (Å²) in [5, 5.41) is 0. The van der Waals surface area contributed by atoms with Gasteiger partial charge in [-0.2, -0.15) is 0 Å². The van der Waals surface area contributed by atoms with Crippen molar-refractivity contribution < 1.29 is 10.9 Å². The Labute approximate surface area is 119 Å². The molecule has 5 nitrogen and oxygen atoms in total. The molecule has 1 aromatic carbocycles. The predicted octanol–water partition coefficient (Wildman–Crippen LogP) is 2.28. The molecule has 0 aliphatic heterocycles. The van der Waals surface area contributed by atoms with Crippen LogP contribution in [0.15, 0.2) is 36.5 Å². The van der Waals surface area contributed by atoms with Crippen LogP contribution < -0.4 is 10.5 Å². The SMILES string of the molecule is [2H]C(C)(C)c1ccc(OCc2ccnc(C(N)=O)n2)cc1. The van der Waals surface area contributed by atoms with Crippen molar-refractivity contribution >= 4 is 5.91 Å². The monoisotopic (exact) mass is 272 g/mol. The molecule has 104 valence electrons. The van der Waals surface area contributed by atoms with E-state index in [1.54, 1.807) is 6.07 Å². The lowest BCUT2D eigenvalue weighted by Gasteiger charge is -2.08. The van der Waals surface area contributed by atoms with Crippen LogP contribution in [0.25, 0.3) is 0 Å². The predicted molar refractivity (Wildman–Crippen MR) is 75.4 cm³/mol. The number of hydrogen-bond donors (Lipinski definition) is 1. The van der Waals surface area contributed by atoms with Gasteiger partial charge in [-0.25, -0.2) is 9.97 Å². The third-order valence-electron chi connectivity index (χ3n) is 2.75. The van der Waals surface area contributed by atoms with Crippen molar-refractivity contribution in [3.05, 3.63) is 53.6 Å². The van der Waals surface area contributed by atoms with Crippen molar-refractivity contribution in [1.82, 2.24) is 9.97 Å². The second-order valence-corrected chi connectivity index (χ2v) is 4.55. The fourth-order valence-electron chi connectivity index (χ4n) is 1.64. The van der Waals surface area contributed by atoms with Gasteiger partial charge in [-0.05, 0) is 29.7 Å². The number of carbonyl (C=O) groups is 1. The maximum absolute atomic E-state index is 11.0. The molecule has 1 amide bonds. The quantitative estimate of drug-likeness (QED) is 0.905. The third kappa shape index (κ3) is 3.54. The highest BCUT2D eigenvalue weighted by molar-refractivity contribution is 5.88. The van der Waals surface area contributed by atoms with Crippen LogP contribution in [0, 0.1) is 0 Å². The van der Waals surface area contributed by atoms with Gasteiger partial charge < -0.3 is 10.5 Å². The number of hydrogen-bond acceptors (Lipinski definition) is 4. The first-order chi connectivity index (χ1) is 9.86. The van der Waals surface area contributed by atoms with E-state index in [9.17, 15) is 4.79 Å². The van der Waals surface area contributed by atoms with Gasteiger partial charge >= 0.3 is 0 Å². The van der Waals surface area contributed by atoms with Crippen LogP contribution >= 0.6 is 0 Å². The van der Waals surface area contributed by atoms with Crippen LogP contribution in [0.1, 0.15) is 43.0 Å². The average Bonchev–Trinajstić information content (AvgIpc) is 2.45. The largest absolute Gasteiger partial charge is 0.487 e. The minimum absolute atomic E-state index is 0.0256. The molecule has 0 fully saturated rings. The normalized spacial score (nSPS) is 11.8. The van der Waals surface area contributed by atoms with Gasteiger partial charge in [-0.3, -0.25) is 4.79 Å². The van der Waals surface area contributed by atoms with E-state index in [2.05, 4.69) is 9.97 Å². The Bertz CT molecular complexity index is 636. The molecule has 5 heteroatoms. The van der Waals surface area contributed by atoms with E-state index < -0.39 is 11.8 Å². The molecular weight excluding hydrogens is 254 g/mol. The molecule has 0 aliphatic carbocycles. The Morgan fingerprint density at radius 2 is 2.05 bits per heavy atom. The Balaban J connectivity index is 2.03. The number of rotatable bonds is 5. The number of carbonyl (C=O) groups excluding carboxylic acids is 1. The number of benzene rings is 1. The minimum Gasteiger partial charge on any atom is -0.487 e. The van der Waals surface area contributed by atoms with Gasteiger partial charge in [-0.1, -0.05) is 26.0 Å². The lowest BCUT2D eigenvalue weighted by Crippen LogP contribution is -2.16. The van der Waals surface area contributed by atoms with Gasteiger partial charge in [-0.15, -0.1) is 0 Å². The molecule has 0 atom stereocenters. The minimum atomic E-state index is -0.668. The van der Waals surface area contributed by atoms with Crippen molar-refractivity contribution in [1.29, 1.82) is 0 Å². The summed E-state index contributed by atoms with van der Waals surface area (Å²) >= 11 is 0. The van der Waals surface area contributed by atoms with Gasteiger partial charge in [0.25, 0.3) is 5.91 Å². The highest BCUT2D eigenvalue weighted by Gasteiger charge is 2.05. The van der Waals surface area contributed by atoms with Gasteiger partial charge in [0.2, 0.25) is 5.82 Å². The molecule has 2 aromatic rings. The number of nitrogens with zero attached hydrogens (tertiary/aromatic N) is 2. The molecule has 0 aliphatic rings. The molecule has 0 unspecified atom stereocenters. The molecule has 1 heterocycles. The van der Waals surface area contributed by atoms with Crippen LogP contribution in [0.5, 0.6) is 5.75 Å². The summed E-state index contributed by atoms with van der Waals surface area (Å²) in [5.74, 6) is -0.662. The zero-order valence-electron chi connectivity index (χ0n) is 12.5. The van der Waals surface area contributed by atoms with E-state index in [-0.39, 0.29) is 12.4 Å². The Morgan fingerprint density at radius 1 is 1.35 bits per heavy atom. The fraction of sp³-hybridized carbons (Fsp3) is 0.267. The van der Waals surface area contributed by atoms with Crippen molar-refractivity contribution in [3.8, 4) is 5.75 Å². The Kier molecular flexibility index (Phi) is 3.87. The highest BCUT2D eigenvalue weighted by Crippen LogP contribution is 2.19. The smallest absolute Gasteiger partial charge is 0.286 e. The first-order valence-electron chi connectivity index (χ1n) is 6.71. The van der Waals surface area contributed by atoms with Crippen molar-refractivity contribution in [2.24, 2.45) is 5.73 Å². The summed E-state index contributed by atoms with van der Waals surface area (Å²) in [6.07, 6.45) is 1.47. The molecule has 1 aromatic heterocycles. The van der Waals surface area contributed by atoms with Crippen LogP contribution in [-0.4, -0.2) is 15.9 Å². The number of aromatic nitrogens is 2. The first kappa shape index (κ1) is 12.6. The summed E-state index contributed by atoms with van der Waals surface area (Å²) in [6, 6.07) is 8.99. The standard InChI is InChI=1S/C15H17N3O2/c1-10(2)11-3-5-13(6-4-11)20-9-12-7-8-17-15(18-12)14(16)19/h3-8,10H,9H2,1-2H3,(H2,16,19)/i10D. The number of ether oxygens (including phenoxy) is 1. The van der Waals surface area contributed by atoms with Crippen molar-refractivity contribution in [2.45, 2.75) is 26.3 Å². The van der Waals surface area contributed by atoms with Gasteiger partial charge in [0.1, 0.15) is 12.4 Å². The summed E-state index contributed by atoms with van der Waals surface area (Å²) in [6.45, 7) is 3.87. The van der Waals surface area contributed by atoms with E-state index in [4.69, 9.17) is 11.8 Å². The topological polar surface area (TPSA) is 78.1 Å². The van der Waals surface area contributed by atoms with Crippen LogP contribution in [0.2, 0.25) is 0 Å². The van der Waals surface area contributed by atoms with Gasteiger partial charge in [0.15, 0.2) is 0 Å². The average molecular weight is 272 g/mol. The number of nitrogens with two attached hydrogens (primary N) is 1.